The summed E-state index contributed by atoms with van der Waals surface area (Å²) in [6.07, 6.45) is -0.452. The van der Waals surface area contributed by atoms with Crippen molar-refractivity contribution in [3.63, 3.8) is 0 Å². The molecule has 0 bridgehead atoms. The average molecular weight is 465 g/mol. The Labute approximate surface area is 193 Å². The molecule has 1 unspecified atom stereocenters. The Bertz CT molecular complexity index is 1260. The van der Waals surface area contributed by atoms with E-state index in [1.807, 2.05) is 48.5 Å². The highest BCUT2D eigenvalue weighted by atomic mass is 32.2. The Morgan fingerprint density at radius 3 is 2.27 bits per heavy atom. The second-order valence-electron chi connectivity index (χ2n) is 7.74. The number of sulfonamides is 1. The van der Waals surface area contributed by atoms with Crippen molar-refractivity contribution in [3.05, 3.63) is 84.4 Å². The molecule has 170 valence electrons. The normalized spacial score (nSPS) is 15.6. The van der Waals surface area contributed by atoms with Crippen LogP contribution < -0.4 is 9.62 Å². The molecule has 1 aliphatic rings. The third-order valence-corrected chi connectivity index (χ3v) is 7.28. The van der Waals surface area contributed by atoms with Gasteiger partial charge in [0.15, 0.2) is 6.10 Å². The van der Waals surface area contributed by atoms with Crippen LogP contribution in [0.25, 0.3) is 11.1 Å². The number of ether oxygens (including phenoxy) is 1. The number of hydrogen-bond donors (Lipinski definition) is 1. The molecule has 1 N–H and O–H groups in total. The molecule has 1 fully saturated rings. The van der Waals surface area contributed by atoms with Gasteiger partial charge >= 0.3 is 5.97 Å². The molecule has 1 saturated heterocycles. The van der Waals surface area contributed by atoms with Gasteiger partial charge < -0.3 is 10.1 Å². The first-order valence-corrected chi connectivity index (χ1v) is 12.2. The molecular weight excluding hydrogens is 440 g/mol. The zero-order valence-electron chi connectivity index (χ0n) is 18.1. The van der Waals surface area contributed by atoms with E-state index in [-0.39, 0.29) is 11.3 Å². The van der Waals surface area contributed by atoms with Crippen molar-refractivity contribution in [2.45, 2.75) is 19.4 Å². The third-order valence-electron chi connectivity index (χ3n) is 5.41. The molecule has 0 aromatic heterocycles. The highest BCUT2D eigenvalue weighted by molar-refractivity contribution is 7.93. The largest absolute Gasteiger partial charge is 0.449 e. The van der Waals surface area contributed by atoms with Crippen molar-refractivity contribution >= 4 is 33.3 Å². The summed E-state index contributed by atoms with van der Waals surface area (Å²) in [5, 5.41) is 2.83. The average Bonchev–Trinajstić information content (AvgIpc) is 3.18. The van der Waals surface area contributed by atoms with E-state index in [2.05, 4.69) is 5.32 Å². The van der Waals surface area contributed by atoms with Crippen LogP contribution in [-0.2, 0) is 19.6 Å². The molecule has 7 nitrogen and oxygen atoms in total. The molecule has 1 amide bonds. The quantitative estimate of drug-likeness (QED) is 0.555. The molecule has 0 radical (unpaired) electrons. The molecule has 0 aliphatic carbocycles. The fourth-order valence-corrected chi connectivity index (χ4v) is 5.24. The van der Waals surface area contributed by atoms with Crippen molar-refractivity contribution in [2.24, 2.45) is 0 Å². The summed E-state index contributed by atoms with van der Waals surface area (Å²) in [5.41, 5.74) is 3.18. The number of nitrogens with one attached hydrogen (secondary N) is 1. The van der Waals surface area contributed by atoms with E-state index in [1.165, 1.54) is 23.4 Å². The molecule has 1 atom stereocenters. The van der Waals surface area contributed by atoms with Gasteiger partial charge in [-0.15, -0.1) is 0 Å². The minimum absolute atomic E-state index is 0.122. The number of carbonyl (C=O) groups is 2. The molecule has 33 heavy (non-hydrogen) atoms. The predicted molar refractivity (Wildman–Crippen MR) is 128 cm³/mol. The Morgan fingerprint density at radius 2 is 1.61 bits per heavy atom. The maximum absolute atomic E-state index is 12.7. The van der Waals surface area contributed by atoms with E-state index in [4.69, 9.17) is 4.74 Å². The van der Waals surface area contributed by atoms with Gasteiger partial charge in [0.05, 0.1) is 17.0 Å². The van der Waals surface area contributed by atoms with E-state index in [1.54, 1.807) is 18.2 Å². The molecule has 1 heterocycles. The molecular formula is C25H24N2O5S. The van der Waals surface area contributed by atoms with Crippen LogP contribution in [0.2, 0.25) is 0 Å². The van der Waals surface area contributed by atoms with E-state index in [0.717, 1.165) is 11.1 Å². The van der Waals surface area contributed by atoms with Gasteiger partial charge in [-0.3, -0.25) is 9.10 Å². The Morgan fingerprint density at radius 1 is 0.939 bits per heavy atom. The SMILES string of the molecule is CC(OC(=O)c1ccc(N2CCCS2(=O)=O)cc1)C(=O)Nc1ccccc1-c1ccccc1. The third kappa shape index (κ3) is 5.06. The molecule has 1 aliphatic heterocycles. The van der Waals surface area contributed by atoms with Gasteiger partial charge in [0, 0.05) is 17.8 Å². The molecule has 8 heteroatoms. The zero-order valence-corrected chi connectivity index (χ0v) is 18.9. The maximum atomic E-state index is 12.7. The first-order valence-electron chi connectivity index (χ1n) is 10.6. The Kier molecular flexibility index (Phi) is 6.46. The molecule has 3 aromatic rings. The van der Waals surface area contributed by atoms with Crippen molar-refractivity contribution in [1.82, 2.24) is 0 Å². The van der Waals surface area contributed by atoms with Gasteiger partial charge in [-0.2, -0.15) is 0 Å². The summed E-state index contributed by atoms with van der Waals surface area (Å²) in [6, 6.07) is 23.2. The molecule has 3 aromatic carbocycles. The van der Waals surface area contributed by atoms with Gasteiger partial charge in [0.2, 0.25) is 10.0 Å². The lowest BCUT2D eigenvalue weighted by Crippen LogP contribution is -2.30. The zero-order chi connectivity index (χ0) is 23.4. The fraction of sp³-hybridized carbons (Fsp3) is 0.200. The summed E-state index contributed by atoms with van der Waals surface area (Å²) in [5.74, 6) is -0.993. The van der Waals surface area contributed by atoms with Crippen LogP contribution in [0, 0.1) is 0 Å². The van der Waals surface area contributed by atoms with Crippen molar-refractivity contribution < 1.29 is 22.7 Å². The minimum Gasteiger partial charge on any atom is -0.449 e. The van der Waals surface area contributed by atoms with E-state index in [0.29, 0.717) is 24.3 Å². The second kappa shape index (κ2) is 9.46. The van der Waals surface area contributed by atoms with Crippen molar-refractivity contribution in [2.75, 3.05) is 21.9 Å². The number of para-hydroxylation sites is 1. The first-order chi connectivity index (χ1) is 15.8. The molecule has 4 rings (SSSR count). The summed E-state index contributed by atoms with van der Waals surface area (Å²) >= 11 is 0. The maximum Gasteiger partial charge on any atom is 0.338 e. The van der Waals surface area contributed by atoms with Crippen LogP contribution in [-0.4, -0.2) is 38.7 Å². The van der Waals surface area contributed by atoms with Crippen LogP contribution in [0.1, 0.15) is 23.7 Å². The van der Waals surface area contributed by atoms with Crippen molar-refractivity contribution in [3.8, 4) is 11.1 Å². The van der Waals surface area contributed by atoms with E-state index in [9.17, 15) is 18.0 Å². The van der Waals surface area contributed by atoms with Crippen LogP contribution in [0.15, 0.2) is 78.9 Å². The number of carbonyl (C=O) groups excluding carboxylic acids is 2. The lowest BCUT2D eigenvalue weighted by Gasteiger charge is -2.18. The van der Waals surface area contributed by atoms with E-state index < -0.39 is 28.0 Å². The number of esters is 1. The van der Waals surface area contributed by atoms with Crippen LogP contribution in [0.5, 0.6) is 0 Å². The summed E-state index contributed by atoms with van der Waals surface area (Å²) in [6.45, 7) is 1.93. The van der Waals surface area contributed by atoms with Gasteiger partial charge in [0.25, 0.3) is 5.91 Å². The van der Waals surface area contributed by atoms with Crippen LogP contribution >= 0.6 is 0 Å². The summed E-state index contributed by atoms with van der Waals surface area (Å²) in [7, 11) is -3.29. The predicted octanol–water partition coefficient (Wildman–Crippen LogP) is 4.08. The number of hydrogen-bond acceptors (Lipinski definition) is 5. The second-order valence-corrected chi connectivity index (χ2v) is 9.75. The highest BCUT2D eigenvalue weighted by Gasteiger charge is 2.28. The van der Waals surface area contributed by atoms with Crippen LogP contribution in [0.3, 0.4) is 0 Å². The molecule has 0 saturated carbocycles. The highest BCUT2D eigenvalue weighted by Crippen LogP contribution is 2.28. The van der Waals surface area contributed by atoms with Gasteiger partial charge in [-0.1, -0.05) is 48.5 Å². The van der Waals surface area contributed by atoms with Gasteiger partial charge in [0.1, 0.15) is 0 Å². The lowest BCUT2D eigenvalue weighted by atomic mass is 10.0. The lowest BCUT2D eigenvalue weighted by molar-refractivity contribution is -0.123. The molecule has 0 spiro atoms. The standard InChI is InChI=1S/C25H24N2O5S/c1-18(24(28)26-23-11-6-5-10-22(23)19-8-3-2-4-9-19)32-25(29)20-12-14-21(15-13-20)27-16-7-17-33(27,30)31/h2-6,8-15,18H,7,16-17H2,1H3,(H,26,28). The van der Waals surface area contributed by atoms with Crippen molar-refractivity contribution in [1.29, 1.82) is 0 Å². The summed E-state index contributed by atoms with van der Waals surface area (Å²) in [4.78, 5) is 25.2. The van der Waals surface area contributed by atoms with E-state index >= 15 is 0 Å². The number of nitrogens with zero attached hydrogens (tertiary/aromatic N) is 1. The van der Waals surface area contributed by atoms with Gasteiger partial charge in [-0.25, -0.2) is 13.2 Å². The first kappa shape index (κ1) is 22.5. The monoisotopic (exact) mass is 464 g/mol. The number of rotatable bonds is 6. The Balaban J connectivity index is 1.41. The topological polar surface area (TPSA) is 92.8 Å². The number of anilines is 2. The number of amides is 1. The Hall–Kier alpha value is -3.65. The van der Waals surface area contributed by atoms with Crippen LogP contribution in [0.4, 0.5) is 11.4 Å². The minimum atomic E-state index is -3.29. The number of benzene rings is 3. The smallest absolute Gasteiger partial charge is 0.338 e. The fourth-order valence-electron chi connectivity index (χ4n) is 3.67. The van der Waals surface area contributed by atoms with Gasteiger partial charge in [-0.05, 0) is 49.2 Å². The summed E-state index contributed by atoms with van der Waals surface area (Å²) < 4.78 is 30.8.